The van der Waals surface area contributed by atoms with E-state index in [9.17, 15) is 9.90 Å². The fourth-order valence-corrected chi connectivity index (χ4v) is 2.39. The zero-order valence-electron chi connectivity index (χ0n) is 12.8. The summed E-state index contributed by atoms with van der Waals surface area (Å²) < 4.78 is 4.75. The van der Waals surface area contributed by atoms with Gasteiger partial charge in [0.25, 0.3) is 0 Å². The summed E-state index contributed by atoms with van der Waals surface area (Å²) in [5, 5.41) is 13.2. The molecule has 0 bridgehead atoms. The highest BCUT2D eigenvalue weighted by Crippen LogP contribution is 2.23. The first-order valence-electron chi connectivity index (χ1n) is 7.28. The fourth-order valence-electron chi connectivity index (χ4n) is 2.39. The molecule has 0 radical (unpaired) electrons. The van der Waals surface area contributed by atoms with Crippen LogP contribution in [0.2, 0.25) is 0 Å². The summed E-state index contributed by atoms with van der Waals surface area (Å²) in [4.78, 5) is 11.7. The van der Waals surface area contributed by atoms with Gasteiger partial charge in [0.05, 0.1) is 18.4 Å². The van der Waals surface area contributed by atoms with E-state index in [1.165, 1.54) is 12.7 Å². The van der Waals surface area contributed by atoms with E-state index < -0.39 is 12.2 Å². The number of hydrogen-bond donors (Lipinski definition) is 2. The number of carbonyl (C=O) groups excluding carboxylic acids is 1. The first-order valence-corrected chi connectivity index (χ1v) is 7.28. The lowest BCUT2D eigenvalue weighted by molar-refractivity contribution is 0.0601. The molecule has 22 heavy (non-hydrogen) atoms. The Hall–Kier alpha value is -2.33. The van der Waals surface area contributed by atoms with Crippen LogP contribution in [-0.2, 0) is 4.74 Å². The predicted molar refractivity (Wildman–Crippen MR) is 86.9 cm³/mol. The van der Waals surface area contributed by atoms with Gasteiger partial charge in [-0.1, -0.05) is 49.4 Å². The standard InChI is InChI=1S/C18H21NO3/c1-13(14-8-4-3-5-9-14)12-17(20)19-16-11-7-6-10-15(16)18(21)22-2/h3-11,13,17,19-20H,12H2,1-2H3. The van der Waals surface area contributed by atoms with Crippen LogP contribution in [0.4, 0.5) is 5.69 Å². The lowest BCUT2D eigenvalue weighted by Gasteiger charge is -2.20. The molecule has 4 heteroatoms. The zero-order valence-corrected chi connectivity index (χ0v) is 12.8. The number of methoxy groups -OCH3 is 1. The molecule has 0 saturated heterocycles. The SMILES string of the molecule is COC(=O)c1ccccc1NC(O)CC(C)c1ccccc1. The van der Waals surface area contributed by atoms with Crippen molar-refractivity contribution >= 4 is 11.7 Å². The predicted octanol–water partition coefficient (Wildman–Crippen LogP) is 3.40. The third-order valence-electron chi connectivity index (χ3n) is 3.60. The van der Waals surface area contributed by atoms with Gasteiger partial charge in [-0.3, -0.25) is 0 Å². The van der Waals surface area contributed by atoms with Crippen molar-refractivity contribution in [2.75, 3.05) is 12.4 Å². The molecule has 0 aliphatic carbocycles. The third-order valence-corrected chi connectivity index (χ3v) is 3.60. The third kappa shape index (κ3) is 4.09. The lowest BCUT2D eigenvalue weighted by atomic mass is 9.97. The molecule has 0 heterocycles. The number of nitrogens with one attached hydrogen (secondary N) is 1. The summed E-state index contributed by atoms with van der Waals surface area (Å²) in [5.74, 6) is -0.222. The van der Waals surface area contributed by atoms with Crippen molar-refractivity contribution in [3.8, 4) is 0 Å². The van der Waals surface area contributed by atoms with Crippen molar-refractivity contribution in [3.05, 3.63) is 65.7 Å². The first kappa shape index (κ1) is 16.0. The number of aliphatic hydroxyl groups excluding tert-OH is 1. The molecular weight excluding hydrogens is 278 g/mol. The van der Waals surface area contributed by atoms with Crippen molar-refractivity contribution in [3.63, 3.8) is 0 Å². The monoisotopic (exact) mass is 299 g/mol. The van der Waals surface area contributed by atoms with E-state index in [4.69, 9.17) is 4.74 Å². The smallest absolute Gasteiger partial charge is 0.339 e. The van der Waals surface area contributed by atoms with Gasteiger partial charge in [-0.15, -0.1) is 0 Å². The van der Waals surface area contributed by atoms with Gasteiger partial charge in [-0.25, -0.2) is 4.79 Å². The number of ether oxygens (including phenoxy) is 1. The number of hydrogen-bond acceptors (Lipinski definition) is 4. The Labute approximate surface area is 130 Å². The average molecular weight is 299 g/mol. The van der Waals surface area contributed by atoms with Crippen LogP contribution in [0.15, 0.2) is 54.6 Å². The lowest BCUT2D eigenvalue weighted by Crippen LogP contribution is -2.22. The van der Waals surface area contributed by atoms with Crippen LogP contribution in [0.25, 0.3) is 0 Å². The maximum absolute atomic E-state index is 11.7. The van der Waals surface area contributed by atoms with E-state index in [0.29, 0.717) is 17.7 Å². The Kier molecular flexibility index (Phi) is 5.55. The van der Waals surface area contributed by atoms with Gasteiger partial charge in [0.15, 0.2) is 0 Å². The summed E-state index contributed by atoms with van der Waals surface area (Å²) in [6.07, 6.45) is -0.208. The minimum absolute atomic E-state index is 0.203. The highest BCUT2D eigenvalue weighted by Gasteiger charge is 2.16. The molecule has 0 amide bonds. The molecule has 0 spiro atoms. The van der Waals surface area contributed by atoms with Crippen LogP contribution in [0.5, 0.6) is 0 Å². The number of benzene rings is 2. The molecular formula is C18H21NO3. The summed E-state index contributed by atoms with van der Waals surface area (Å²) in [6.45, 7) is 2.06. The van der Waals surface area contributed by atoms with Gasteiger partial charge in [-0.2, -0.15) is 0 Å². The van der Waals surface area contributed by atoms with Crippen LogP contribution in [0.3, 0.4) is 0 Å². The number of aliphatic hydroxyl groups is 1. The quantitative estimate of drug-likeness (QED) is 0.634. The largest absolute Gasteiger partial charge is 0.465 e. The number of anilines is 1. The van der Waals surface area contributed by atoms with Crippen molar-refractivity contribution in [1.29, 1.82) is 0 Å². The molecule has 0 saturated carbocycles. The van der Waals surface area contributed by atoms with Gasteiger partial charge in [0.1, 0.15) is 6.23 Å². The Bertz CT molecular complexity index is 613. The Morgan fingerprint density at radius 3 is 2.45 bits per heavy atom. The highest BCUT2D eigenvalue weighted by molar-refractivity contribution is 5.95. The van der Waals surface area contributed by atoms with E-state index in [1.807, 2.05) is 36.4 Å². The number of rotatable bonds is 6. The van der Waals surface area contributed by atoms with E-state index >= 15 is 0 Å². The molecule has 116 valence electrons. The first-order chi connectivity index (χ1) is 10.6. The van der Waals surface area contributed by atoms with Crippen LogP contribution in [-0.4, -0.2) is 24.4 Å². The van der Waals surface area contributed by atoms with E-state index in [1.54, 1.807) is 18.2 Å². The minimum Gasteiger partial charge on any atom is -0.465 e. The van der Waals surface area contributed by atoms with Crippen molar-refractivity contribution in [1.82, 2.24) is 0 Å². The normalized spacial score (nSPS) is 13.2. The van der Waals surface area contributed by atoms with Gasteiger partial charge < -0.3 is 15.2 Å². The van der Waals surface area contributed by atoms with Crippen LogP contribution in [0, 0.1) is 0 Å². The summed E-state index contributed by atoms with van der Waals surface area (Å²) in [6, 6.07) is 17.0. The molecule has 0 fully saturated rings. The van der Waals surface area contributed by atoms with Gasteiger partial charge in [0, 0.05) is 0 Å². The summed E-state index contributed by atoms with van der Waals surface area (Å²) >= 11 is 0. The molecule has 2 unspecified atom stereocenters. The second kappa shape index (κ2) is 7.61. The van der Waals surface area contributed by atoms with E-state index in [2.05, 4.69) is 12.2 Å². The Morgan fingerprint density at radius 1 is 1.14 bits per heavy atom. The van der Waals surface area contributed by atoms with Gasteiger partial charge in [-0.05, 0) is 30.0 Å². The second-order valence-electron chi connectivity index (χ2n) is 5.24. The van der Waals surface area contributed by atoms with Gasteiger partial charge >= 0.3 is 5.97 Å². The van der Waals surface area contributed by atoms with Crippen LogP contribution < -0.4 is 5.32 Å². The van der Waals surface area contributed by atoms with E-state index in [0.717, 1.165) is 0 Å². The topological polar surface area (TPSA) is 58.6 Å². The van der Waals surface area contributed by atoms with Crippen molar-refractivity contribution < 1.29 is 14.6 Å². The zero-order chi connectivity index (χ0) is 15.9. The minimum atomic E-state index is -0.749. The highest BCUT2D eigenvalue weighted by atomic mass is 16.5. The van der Waals surface area contributed by atoms with Crippen molar-refractivity contribution in [2.24, 2.45) is 0 Å². The molecule has 2 aromatic carbocycles. The molecule has 2 N–H and O–H groups in total. The van der Waals surface area contributed by atoms with E-state index in [-0.39, 0.29) is 5.92 Å². The maximum atomic E-state index is 11.7. The Balaban J connectivity index is 2.03. The molecule has 4 nitrogen and oxygen atoms in total. The van der Waals surface area contributed by atoms with Gasteiger partial charge in [0.2, 0.25) is 0 Å². The number of carbonyl (C=O) groups is 1. The molecule has 0 aliphatic rings. The maximum Gasteiger partial charge on any atom is 0.339 e. The molecule has 0 aromatic heterocycles. The van der Waals surface area contributed by atoms with Crippen LogP contribution >= 0.6 is 0 Å². The summed E-state index contributed by atoms with van der Waals surface area (Å²) in [7, 11) is 1.34. The number of para-hydroxylation sites is 1. The average Bonchev–Trinajstić information content (AvgIpc) is 2.55. The molecule has 2 atom stereocenters. The van der Waals surface area contributed by atoms with Crippen molar-refractivity contribution in [2.45, 2.75) is 25.5 Å². The second-order valence-corrected chi connectivity index (χ2v) is 5.24. The Morgan fingerprint density at radius 2 is 1.77 bits per heavy atom. The molecule has 0 aliphatic heterocycles. The summed E-state index contributed by atoms with van der Waals surface area (Å²) in [5.41, 5.74) is 2.16. The molecule has 2 aromatic rings. The fraction of sp³-hybridized carbons (Fsp3) is 0.278. The molecule has 2 rings (SSSR count). The van der Waals surface area contributed by atoms with Crippen LogP contribution in [0.1, 0.15) is 35.2 Å². The number of esters is 1.